The van der Waals surface area contributed by atoms with Gasteiger partial charge in [-0.05, 0) is 136 Å². The van der Waals surface area contributed by atoms with Gasteiger partial charge in [-0.2, -0.15) is 0 Å². The van der Waals surface area contributed by atoms with Crippen LogP contribution in [0, 0.1) is 0 Å². The molecule has 0 fully saturated rings. The summed E-state index contributed by atoms with van der Waals surface area (Å²) in [6.07, 6.45) is 0. The second-order valence-electron chi connectivity index (χ2n) is 21.1. The molecule has 4 heterocycles. The van der Waals surface area contributed by atoms with Crippen LogP contribution in [0.3, 0.4) is 0 Å². The molecule has 12 aromatic carbocycles. The average Bonchev–Trinajstić information content (AvgIpc) is 4.42. The van der Waals surface area contributed by atoms with Crippen LogP contribution in [0.15, 0.2) is 303 Å². The highest BCUT2D eigenvalue weighted by Gasteiger charge is 2.19. The molecule has 16 aromatic rings. The lowest BCUT2D eigenvalue weighted by atomic mass is 9.95. The van der Waals surface area contributed by atoms with Gasteiger partial charge in [0.1, 0.15) is 0 Å². The van der Waals surface area contributed by atoms with Crippen molar-refractivity contribution in [3.8, 4) is 84.1 Å². The lowest BCUT2D eigenvalue weighted by Crippen LogP contribution is -2.00. The topological polar surface area (TPSA) is 27.7 Å². The van der Waals surface area contributed by atoms with E-state index in [1.807, 2.05) is 0 Å². The third kappa shape index (κ3) is 7.87. The molecule has 4 heteroatoms. The van der Waals surface area contributed by atoms with E-state index in [-0.39, 0.29) is 0 Å². The first-order valence-corrected chi connectivity index (χ1v) is 27.8. The van der Waals surface area contributed by atoms with Gasteiger partial charge in [0.25, 0.3) is 0 Å². The maximum Gasteiger partial charge on any atom is 0.0715 e. The zero-order chi connectivity index (χ0) is 53.4. The molecular weight excluding hydrogens is 981 g/mol. The Morgan fingerprint density at radius 1 is 0.173 bits per heavy atom. The smallest absolute Gasteiger partial charge is 0.0715 e. The highest BCUT2D eigenvalue weighted by Crippen LogP contribution is 2.41. The van der Waals surface area contributed by atoms with Gasteiger partial charge in [-0.15, -0.1) is 0 Å². The maximum atomic E-state index is 5.60. The predicted octanol–water partition coefficient (Wildman–Crippen LogP) is 20.4. The van der Waals surface area contributed by atoms with Gasteiger partial charge in [0.15, 0.2) is 0 Å². The van der Waals surface area contributed by atoms with E-state index < -0.39 is 0 Å². The van der Waals surface area contributed by atoms with Crippen molar-refractivity contribution in [2.45, 2.75) is 0 Å². The Morgan fingerprint density at radius 3 is 0.889 bits per heavy atom. The second kappa shape index (κ2) is 19.0. The Kier molecular flexibility index (Phi) is 10.8. The van der Waals surface area contributed by atoms with Gasteiger partial charge in [-0.25, -0.2) is 4.98 Å². The quantitative estimate of drug-likeness (QED) is 0.142. The first-order valence-electron chi connectivity index (χ1n) is 27.8. The van der Waals surface area contributed by atoms with Crippen molar-refractivity contribution in [1.82, 2.24) is 18.7 Å². The average molecular weight is 1030 g/mol. The summed E-state index contributed by atoms with van der Waals surface area (Å²) >= 11 is 0. The van der Waals surface area contributed by atoms with E-state index in [9.17, 15) is 0 Å². The monoisotopic (exact) mass is 1030 g/mol. The SMILES string of the molecule is c1ccc(-c2ccc(-c3cc(-c4cccc(-c5cccc(-n6c7ccccc7c7ccccc76)c5)c4)nc(-c4cccc(-c5cc(-n6c7ccccc7c7ccccc76)cc(-n6c7ccccc7c7ccccc76)c5)c4)c3)cc2)cc1. The van der Waals surface area contributed by atoms with Crippen LogP contribution in [0.5, 0.6) is 0 Å². The molecule has 0 bridgehead atoms. The highest BCUT2D eigenvalue weighted by atomic mass is 15.0. The van der Waals surface area contributed by atoms with Crippen LogP contribution in [0.2, 0.25) is 0 Å². The van der Waals surface area contributed by atoms with E-state index in [0.717, 1.165) is 73.0 Å². The Labute approximate surface area is 469 Å². The molecule has 0 N–H and O–H groups in total. The molecule has 0 saturated heterocycles. The molecule has 0 radical (unpaired) electrons. The zero-order valence-corrected chi connectivity index (χ0v) is 44.2. The van der Waals surface area contributed by atoms with Crippen LogP contribution in [0.1, 0.15) is 0 Å². The van der Waals surface area contributed by atoms with Gasteiger partial charge < -0.3 is 13.7 Å². The van der Waals surface area contributed by atoms with Crippen molar-refractivity contribution < 1.29 is 0 Å². The number of fused-ring (bicyclic) bond motifs is 9. The second-order valence-corrected chi connectivity index (χ2v) is 21.1. The number of rotatable bonds is 9. The minimum Gasteiger partial charge on any atom is -0.309 e. The van der Waals surface area contributed by atoms with E-state index >= 15 is 0 Å². The van der Waals surface area contributed by atoms with E-state index in [1.165, 1.54) is 76.5 Å². The summed E-state index contributed by atoms with van der Waals surface area (Å²) in [6.45, 7) is 0. The molecule has 4 aromatic heterocycles. The molecule has 0 saturated carbocycles. The number of benzene rings is 12. The number of hydrogen-bond donors (Lipinski definition) is 0. The maximum absolute atomic E-state index is 5.60. The van der Waals surface area contributed by atoms with Crippen LogP contribution in [0.4, 0.5) is 0 Å². The summed E-state index contributed by atoms with van der Waals surface area (Å²) < 4.78 is 7.26. The van der Waals surface area contributed by atoms with Crippen molar-refractivity contribution in [3.63, 3.8) is 0 Å². The largest absolute Gasteiger partial charge is 0.309 e. The van der Waals surface area contributed by atoms with E-state index in [4.69, 9.17) is 4.98 Å². The summed E-state index contributed by atoms with van der Waals surface area (Å²) in [4.78, 5) is 5.60. The van der Waals surface area contributed by atoms with Gasteiger partial charge in [0.05, 0.1) is 44.5 Å². The number of hydrogen-bond acceptors (Lipinski definition) is 1. The predicted molar refractivity (Wildman–Crippen MR) is 340 cm³/mol. The van der Waals surface area contributed by atoms with Gasteiger partial charge in [-0.1, -0.05) is 212 Å². The number of para-hydroxylation sites is 6. The van der Waals surface area contributed by atoms with Crippen molar-refractivity contribution >= 4 is 65.4 Å². The molecule has 0 aliphatic carbocycles. The molecule has 0 unspecified atom stereocenters. The van der Waals surface area contributed by atoms with Gasteiger partial charge in [0.2, 0.25) is 0 Å². The molecule has 0 spiro atoms. The summed E-state index contributed by atoms with van der Waals surface area (Å²) in [5, 5.41) is 7.42. The van der Waals surface area contributed by atoms with E-state index in [1.54, 1.807) is 0 Å². The summed E-state index contributed by atoms with van der Waals surface area (Å²) in [6, 6.07) is 110. The van der Waals surface area contributed by atoms with Gasteiger partial charge in [-0.3, -0.25) is 0 Å². The highest BCUT2D eigenvalue weighted by molar-refractivity contribution is 6.11. The molecule has 0 amide bonds. The van der Waals surface area contributed by atoms with Crippen molar-refractivity contribution in [3.05, 3.63) is 303 Å². The summed E-state index contributed by atoms with van der Waals surface area (Å²) in [5.41, 5.74) is 23.3. The van der Waals surface area contributed by atoms with Crippen molar-refractivity contribution in [2.75, 3.05) is 0 Å². The molecule has 0 aliphatic rings. The number of aromatic nitrogens is 4. The third-order valence-corrected chi connectivity index (χ3v) is 16.4. The Hall–Kier alpha value is -10.8. The molecule has 4 nitrogen and oxygen atoms in total. The first-order chi connectivity index (χ1) is 40.1. The molecule has 16 rings (SSSR count). The Bertz CT molecular complexity index is 4820. The minimum atomic E-state index is 0.899. The van der Waals surface area contributed by atoms with Crippen LogP contribution >= 0.6 is 0 Å². The molecular formula is C77H50N4. The van der Waals surface area contributed by atoms with Crippen LogP contribution < -0.4 is 0 Å². The van der Waals surface area contributed by atoms with E-state index in [2.05, 4.69) is 317 Å². The summed E-state index contributed by atoms with van der Waals surface area (Å²) in [5.74, 6) is 0. The number of nitrogens with zero attached hydrogens (tertiary/aromatic N) is 4. The van der Waals surface area contributed by atoms with Crippen molar-refractivity contribution in [2.24, 2.45) is 0 Å². The van der Waals surface area contributed by atoms with Crippen LogP contribution in [-0.4, -0.2) is 18.7 Å². The van der Waals surface area contributed by atoms with Gasteiger partial charge in [0, 0.05) is 60.5 Å². The minimum absolute atomic E-state index is 0.899. The standard InChI is InChI=1S/C77H50N4/c1-2-19-51(20-3-1)52-39-41-53(42-40-52)60-48-70(57-24-16-21-54(43-57)56-23-18-26-61(45-56)79-72-33-10-4-27-64(72)65-28-5-11-34-73(65)79)78-71(49-60)58-25-17-22-55(44-58)59-46-62(80-74-35-12-6-29-66(74)67-30-7-13-36-75(67)80)50-63(47-59)81-76-37-14-8-31-68(76)69-32-9-15-38-77(69)81/h1-50H. The summed E-state index contributed by atoms with van der Waals surface area (Å²) in [7, 11) is 0. The lowest BCUT2D eigenvalue weighted by molar-refractivity contribution is 1.13. The number of pyridine rings is 1. The van der Waals surface area contributed by atoms with E-state index in [0.29, 0.717) is 0 Å². The first kappa shape index (κ1) is 46.3. The fraction of sp³-hybridized carbons (Fsp3) is 0. The lowest BCUT2D eigenvalue weighted by Gasteiger charge is -2.16. The zero-order valence-electron chi connectivity index (χ0n) is 44.2. The normalized spacial score (nSPS) is 11.7. The van der Waals surface area contributed by atoms with Crippen LogP contribution in [0.25, 0.3) is 150 Å². The van der Waals surface area contributed by atoms with Gasteiger partial charge >= 0.3 is 0 Å². The fourth-order valence-electron chi connectivity index (χ4n) is 12.6. The fourth-order valence-corrected chi connectivity index (χ4v) is 12.6. The molecule has 0 atom stereocenters. The molecule has 378 valence electrons. The molecule has 0 aliphatic heterocycles. The molecule has 81 heavy (non-hydrogen) atoms. The Balaban J connectivity index is 0.856. The third-order valence-electron chi connectivity index (χ3n) is 16.4. The Morgan fingerprint density at radius 2 is 0.457 bits per heavy atom. The van der Waals surface area contributed by atoms with Crippen molar-refractivity contribution in [1.29, 1.82) is 0 Å². The van der Waals surface area contributed by atoms with Crippen LogP contribution in [-0.2, 0) is 0 Å².